The molecule has 1 fully saturated rings. The van der Waals surface area contributed by atoms with Gasteiger partial charge in [-0.2, -0.15) is 0 Å². The van der Waals surface area contributed by atoms with E-state index in [2.05, 4.69) is 11.8 Å². The Kier molecular flexibility index (Phi) is 3.14. The van der Waals surface area contributed by atoms with Crippen molar-refractivity contribution in [3.63, 3.8) is 0 Å². The molecule has 14 heavy (non-hydrogen) atoms. The van der Waals surface area contributed by atoms with Crippen molar-refractivity contribution in [1.29, 1.82) is 0 Å². The number of rotatable bonds is 2. The van der Waals surface area contributed by atoms with Crippen molar-refractivity contribution in [3.8, 4) is 24.7 Å². The largest absolute Gasteiger partial charge is 0.447 e. The molecule has 72 valence electrons. The second kappa shape index (κ2) is 4.34. The average molecular weight is 192 g/mol. The summed E-state index contributed by atoms with van der Waals surface area (Å²) in [5.74, 6) is 3.16. The maximum Gasteiger partial charge on any atom is 0.349 e. The zero-order valence-corrected chi connectivity index (χ0v) is 7.36. The second-order valence-corrected chi connectivity index (χ2v) is 2.67. The molecule has 1 aliphatic rings. The van der Waals surface area contributed by atoms with Gasteiger partial charge in [-0.05, 0) is 0 Å². The molecular weight excluding hydrogens is 184 g/mol. The highest BCUT2D eigenvalue weighted by molar-refractivity contribution is 5.87. The SMILES string of the molecule is C#CCC1OC(=O)C(CC#C)OC1=O. The number of carbonyl (C=O) groups excluding carboxylic acids is 2. The molecule has 0 aromatic rings. The van der Waals surface area contributed by atoms with Gasteiger partial charge < -0.3 is 9.47 Å². The third-order valence-corrected chi connectivity index (χ3v) is 1.65. The zero-order valence-electron chi connectivity index (χ0n) is 7.36. The van der Waals surface area contributed by atoms with Crippen LogP contribution >= 0.6 is 0 Å². The lowest BCUT2D eigenvalue weighted by atomic mass is 10.2. The van der Waals surface area contributed by atoms with Crippen molar-refractivity contribution in [2.75, 3.05) is 0 Å². The maximum atomic E-state index is 11.2. The topological polar surface area (TPSA) is 52.6 Å². The number of terminal acetylenes is 2. The van der Waals surface area contributed by atoms with Crippen LogP contribution in [0.4, 0.5) is 0 Å². The van der Waals surface area contributed by atoms with Gasteiger partial charge in [0.2, 0.25) is 12.2 Å². The van der Waals surface area contributed by atoms with Crippen LogP contribution in [0.3, 0.4) is 0 Å². The van der Waals surface area contributed by atoms with E-state index in [9.17, 15) is 9.59 Å². The van der Waals surface area contributed by atoms with Gasteiger partial charge in [-0.1, -0.05) is 0 Å². The lowest BCUT2D eigenvalue weighted by molar-refractivity contribution is -0.193. The first-order chi connectivity index (χ1) is 6.69. The monoisotopic (exact) mass is 192 g/mol. The third-order valence-electron chi connectivity index (χ3n) is 1.65. The Morgan fingerprint density at radius 1 is 1.00 bits per heavy atom. The molecule has 1 heterocycles. The molecule has 1 rings (SSSR count). The molecule has 0 saturated carbocycles. The minimum absolute atomic E-state index is 0.0212. The molecule has 0 N–H and O–H groups in total. The van der Waals surface area contributed by atoms with E-state index in [0.29, 0.717) is 0 Å². The van der Waals surface area contributed by atoms with Crippen molar-refractivity contribution in [3.05, 3.63) is 0 Å². The first kappa shape index (κ1) is 10.1. The quantitative estimate of drug-likeness (QED) is 0.451. The summed E-state index contributed by atoms with van der Waals surface area (Å²) < 4.78 is 9.51. The molecule has 0 aliphatic carbocycles. The Balaban J connectivity index is 2.64. The fourth-order valence-corrected chi connectivity index (χ4v) is 0.993. The summed E-state index contributed by atoms with van der Waals surface area (Å²) in [6.07, 6.45) is 8.03. The number of esters is 2. The lowest BCUT2D eigenvalue weighted by Crippen LogP contribution is -2.43. The highest BCUT2D eigenvalue weighted by Gasteiger charge is 2.37. The van der Waals surface area contributed by atoms with Gasteiger partial charge in [0.25, 0.3) is 0 Å². The van der Waals surface area contributed by atoms with E-state index in [1.165, 1.54) is 0 Å². The normalized spacial score (nSPS) is 25.6. The van der Waals surface area contributed by atoms with Gasteiger partial charge in [-0.25, -0.2) is 9.59 Å². The van der Waals surface area contributed by atoms with Crippen LogP contribution in [0, 0.1) is 24.7 Å². The molecule has 2 unspecified atom stereocenters. The molecule has 4 nitrogen and oxygen atoms in total. The van der Waals surface area contributed by atoms with E-state index in [4.69, 9.17) is 22.3 Å². The summed E-state index contributed by atoms with van der Waals surface area (Å²) >= 11 is 0. The average Bonchev–Trinajstić information content (AvgIpc) is 2.14. The molecule has 0 aromatic carbocycles. The van der Waals surface area contributed by atoms with Gasteiger partial charge in [0.05, 0.1) is 12.8 Å². The van der Waals surface area contributed by atoms with Crippen LogP contribution in [0.2, 0.25) is 0 Å². The third kappa shape index (κ3) is 2.05. The number of carbonyl (C=O) groups is 2. The van der Waals surface area contributed by atoms with Gasteiger partial charge in [-0.15, -0.1) is 24.7 Å². The maximum absolute atomic E-state index is 11.2. The smallest absolute Gasteiger partial charge is 0.349 e. The van der Waals surface area contributed by atoms with Crippen LogP contribution in [0.25, 0.3) is 0 Å². The summed E-state index contributed by atoms with van der Waals surface area (Å²) in [4.78, 5) is 22.3. The predicted molar refractivity (Wildman–Crippen MR) is 46.7 cm³/mol. The molecule has 1 aliphatic heterocycles. The molecule has 4 heteroatoms. The molecule has 0 bridgehead atoms. The summed E-state index contributed by atoms with van der Waals surface area (Å²) in [5, 5.41) is 0. The molecule has 0 aromatic heterocycles. The van der Waals surface area contributed by atoms with E-state index in [1.807, 2.05) is 0 Å². The number of hydrogen-bond acceptors (Lipinski definition) is 4. The first-order valence-corrected chi connectivity index (χ1v) is 3.97. The molecular formula is C10H8O4. The van der Waals surface area contributed by atoms with Crippen LogP contribution in [-0.2, 0) is 19.1 Å². The highest BCUT2D eigenvalue weighted by Crippen LogP contribution is 2.14. The molecule has 0 radical (unpaired) electrons. The fourth-order valence-electron chi connectivity index (χ4n) is 0.993. The van der Waals surface area contributed by atoms with E-state index < -0.39 is 24.1 Å². The van der Waals surface area contributed by atoms with Crippen LogP contribution in [-0.4, -0.2) is 24.1 Å². The van der Waals surface area contributed by atoms with Gasteiger partial charge in [0.1, 0.15) is 0 Å². The minimum atomic E-state index is -0.985. The van der Waals surface area contributed by atoms with E-state index in [1.54, 1.807) is 0 Å². The molecule has 0 amide bonds. The van der Waals surface area contributed by atoms with Crippen LogP contribution < -0.4 is 0 Å². The minimum Gasteiger partial charge on any atom is -0.447 e. The molecule has 2 atom stereocenters. The summed E-state index contributed by atoms with van der Waals surface area (Å²) in [6, 6.07) is 0. The van der Waals surface area contributed by atoms with E-state index in [-0.39, 0.29) is 12.8 Å². The van der Waals surface area contributed by atoms with Crippen molar-refractivity contribution in [2.45, 2.75) is 25.0 Å². The van der Waals surface area contributed by atoms with Gasteiger partial charge in [0.15, 0.2) is 0 Å². The van der Waals surface area contributed by atoms with Crippen molar-refractivity contribution in [2.24, 2.45) is 0 Å². The van der Waals surface area contributed by atoms with Crippen LogP contribution in [0.5, 0.6) is 0 Å². The zero-order chi connectivity index (χ0) is 10.6. The summed E-state index contributed by atoms with van der Waals surface area (Å²) in [7, 11) is 0. The Hall–Kier alpha value is -1.94. The lowest BCUT2D eigenvalue weighted by Gasteiger charge is -2.25. The second-order valence-electron chi connectivity index (χ2n) is 2.67. The van der Waals surface area contributed by atoms with Crippen molar-refractivity contribution < 1.29 is 19.1 Å². The Morgan fingerprint density at radius 2 is 1.36 bits per heavy atom. The summed E-state index contributed by atoms with van der Waals surface area (Å²) in [6.45, 7) is 0. The van der Waals surface area contributed by atoms with Gasteiger partial charge >= 0.3 is 11.9 Å². The van der Waals surface area contributed by atoms with Crippen LogP contribution in [0.15, 0.2) is 0 Å². The first-order valence-electron chi connectivity index (χ1n) is 3.97. The fraction of sp³-hybridized carbons (Fsp3) is 0.400. The predicted octanol–water partition coefficient (Wildman–Crippen LogP) is -0.130. The molecule has 1 saturated heterocycles. The number of hydrogen-bond donors (Lipinski definition) is 0. The van der Waals surface area contributed by atoms with Gasteiger partial charge in [-0.3, -0.25) is 0 Å². The number of ether oxygens (including phenoxy) is 2. The molecule has 0 spiro atoms. The van der Waals surface area contributed by atoms with E-state index in [0.717, 1.165) is 0 Å². The summed E-state index contributed by atoms with van der Waals surface area (Å²) in [5.41, 5.74) is 0. The Bertz CT molecular complexity index is 297. The van der Waals surface area contributed by atoms with E-state index >= 15 is 0 Å². The number of cyclic esters (lactones) is 2. The van der Waals surface area contributed by atoms with Gasteiger partial charge in [0, 0.05) is 0 Å². The van der Waals surface area contributed by atoms with Crippen LogP contribution in [0.1, 0.15) is 12.8 Å². The standard InChI is InChI=1S/C10H8O4/c1-3-5-7-9(11)14-8(6-4-2)10(12)13-7/h1-2,7-8H,5-6H2. The van der Waals surface area contributed by atoms with Crippen molar-refractivity contribution in [1.82, 2.24) is 0 Å². The Morgan fingerprint density at radius 3 is 1.64 bits per heavy atom. The highest BCUT2D eigenvalue weighted by atomic mass is 16.6. The van der Waals surface area contributed by atoms with Crippen molar-refractivity contribution >= 4 is 11.9 Å². The Labute approximate surface area is 81.6 Å².